The molecule has 0 spiro atoms. The molecule has 2 rings (SSSR count). The van der Waals surface area contributed by atoms with Gasteiger partial charge in [0.15, 0.2) is 0 Å². The Bertz CT molecular complexity index is 540. The molecule has 94 valence electrons. The molecule has 0 radical (unpaired) electrons. The average Bonchev–Trinajstić information content (AvgIpc) is 2.35. The van der Waals surface area contributed by atoms with Gasteiger partial charge in [0.1, 0.15) is 0 Å². The van der Waals surface area contributed by atoms with E-state index >= 15 is 0 Å². The molecule has 1 nitrogen and oxygen atoms in total. The van der Waals surface area contributed by atoms with Gasteiger partial charge in [-0.3, -0.25) is 4.98 Å². The van der Waals surface area contributed by atoms with Crippen molar-refractivity contribution in [3.05, 3.63) is 62.8 Å². The summed E-state index contributed by atoms with van der Waals surface area (Å²) in [6, 6.07) is 10.1. The largest absolute Gasteiger partial charge is 0.261 e. The molecule has 1 atom stereocenters. The van der Waals surface area contributed by atoms with Gasteiger partial charge in [-0.2, -0.15) is 0 Å². The van der Waals surface area contributed by atoms with E-state index < -0.39 is 0 Å². The summed E-state index contributed by atoms with van der Waals surface area (Å²) >= 11 is 13.2. The molecule has 0 aliphatic carbocycles. The number of hydrogen-bond acceptors (Lipinski definition) is 1. The minimum absolute atomic E-state index is 0.221. The number of nitrogens with zero attached hydrogens (tertiary/aromatic N) is 1. The lowest BCUT2D eigenvalue weighted by molar-refractivity contribution is 0.902. The fourth-order valence-electron chi connectivity index (χ4n) is 1.63. The Morgan fingerprint density at radius 1 is 1.28 bits per heavy atom. The van der Waals surface area contributed by atoms with E-state index in [-0.39, 0.29) is 4.83 Å². The zero-order chi connectivity index (χ0) is 13.1. The second-order valence-electron chi connectivity index (χ2n) is 4.17. The lowest BCUT2D eigenvalue weighted by Crippen LogP contribution is -1.98. The summed E-state index contributed by atoms with van der Waals surface area (Å²) in [5, 5.41) is 0.730. The van der Waals surface area contributed by atoms with Gasteiger partial charge >= 0.3 is 0 Å². The second kappa shape index (κ2) is 6.18. The Balaban J connectivity index is 2.13. The highest BCUT2D eigenvalue weighted by molar-refractivity contribution is 9.10. The molecule has 18 heavy (non-hydrogen) atoms. The maximum atomic E-state index is 6.10. The van der Waals surface area contributed by atoms with Crippen LogP contribution in [0.1, 0.15) is 21.6 Å². The third kappa shape index (κ3) is 3.56. The lowest BCUT2D eigenvalue weighted by atomic mass is 10.1. The molecular weight excluding hydrogens is 377 g/mol. The Hall–Kier alpha value is -0.380. The molecule has 0 N–H and O–H groups in total. The first-order valence-corrected chi connectivity index (χ1v) is 7.65. The van der Waals surface area contributed by atoms with Gasteiger partial charge in [0, 0.05) is 27.6 Å². The Morgan fingerprint density at radius 2 is 2.06 bits per heavy atom. The molecule has 1 unspecified atom stereocenters. The van der Waals surface area contributed by atoms with Crippen molar-refractivity contribution < 1.29 is 0 Å². The molecule has 0 bridgehead atoms. The molecule has 1 heterocycles. The van der Waals surface area contributed by atoms with E-state index in [0.717, 1.165) is 27.2 Å². The van der Waals surface area contributed by atoms with E-state index in [4.69, 9.17) is 11.6 Å². The van der Waals surface area contributed by atoms with E-state index in [1.807, 2.05) is 25.3 Å². The van der Waals surface area contributed by atoms with Crippen LogP contribution in [0.5, 0.6) is 0 Å². The van der Waals surface area contributed by atoms with Gasteiger partial charge in [-0.15, -0.1) is 0 Å². The number of aromatic nitrogens is 1. The molecule has 0 aliphatic rings. The molecule has 1 aromatic carbocycles. The quantitative estimate of drug-likeness (QED) is 0.633. The van der Waals surface area contributed by atoms with Gasteiger partial charge in [-0.05, 0) is 52.2 Å². The standard InChI is InChI=1S/C14H12Br2ClN/c1-9-2-4-11(18-8-9)7-13(16)10-3-5-12(15)14(17)6-10/h2-6,8,13H,7H2,1H3. The van der Waals surface area contributed by atoms with Gasteiger partial charge in [0.05, 0.1) is 5.02 Å². The highest BCUT2D eigenvalue weighted by Crippen LogP contribution is 2.31. The first-order valence-electron chi connectivity index (χ1n) is 5.57. The van der Waals surface area contributed by atoms with Crippen molar-refractivity contribution in [2.75, 3.05) is 0 Å². The van der Waals surface area contributed by atoms with Crippen LogP contribution < -0.4 is 0 Å². The predicted octanol–water partition coefficient (Wildman–Crippen LogP) is 5.48. The van der Waals surface area contributed by atoms with Crippen molar-refractivity contribution in [2.45, 2.75) is 18.2 Å². The van der Waals surface area contributed by atoms with Crippen LogP contribution in [0.2, 0.25) is 5.02 Å². The summed E-state index contributed by atoms with van der Waals surface area (Å²) in [5.41, 5.74) is 3.41. The molecule has 4 heteroatoms. The number of rotatable bonds is 3. The Labute approximate surface area is 129 Å². The van der Waals surface area contributed by atoms with Crippen molar-refractivity contribution in [2.24, 2.45) is 0 Å². The van der Waals surface area contributed by atoms with E-state index in [1.54, 1.807) is 0 Å². The first-order chi connectivity index (χ1) is 8.56. The number of pyridine rings is 1. The van der Waals surface area contributed by atoms with Gasteiger partial charge in [-0.25, -0.2) is 0 Å². The minimum atomic E-state index is 0.221. The smallest absolute Gasteiger partial charge is 0.0551 e. The monoisotopic (exact) mass is 387 g/mol. The maximum absolute atomic E-state index is 6.10. The Morgan fingerprint density at radius 3 is 2.67 bits per heavy atom. The van der Waals surface area contributed by atoms with Gasteiger partial charge < -0.3 is 0 Å². The van der Waals surface area contributed by atoms with Crippen LogP contribution >= 0.6 is 43.5 Å². The summed E-state index contributed by atoms with van der Waals surface area (Å²) in [5.74, 6) is 0. The maximum Gasteiger partial charge on any atom is 0.0551 e. The third-order valence-electron chi connectivity index (χ3n) is 2.67. The third-order valence-corrected chi connectivity index (χ3v) is 4.75. The SMILES string of the molecule is Cc1ccc(CC(Br)c2ccc(Br)c(Cl)c2)nc1. The van der Waals surface area contributed by atoms with E-state index in [0.29, 0.717) is 0 Å². The number of halogens is 3. The fourth-order valence-corrected chi connectivity index (χ4v) is 2.68. The average molecular weight is 390 g/mol. The highest BCUT2D eigenvalue weighted by Gasteiger charge is 2.10. The summed E-state index contributed by atoms with van der Waals surface area (Å²) in [7, 11) is 0. The number of hydrogen-bond donors (Lipinski definition) is 0. The first kappa shape index (κ1) is 14.0. The topological polar surface area (TPSA) is 12.9 Å². The fraction of sp³-hybridized carbons (Fsp3) is 0.214. The number of aryl methyl sites for hydroxylation is 1. The van der Waals surface area contributed by atoms with Gasteiger partial charge in [-0.1, -0.05) is 39.7 Å². The van der Waals surface area contributed by atoms with Crippen molar-refractivity contribution in [3.63, 3.8) is 0 Å². The molecule has 1 aromatic heterocycles. The van der Waals surface area contributed by atoms with Crippen molar-refractivity contribution in [3.8, 4) is 0 Å². The molecule has 0 fully saturated rings. The van der Waals surface area contributed by atoms with E-state index in [1.165, 1.54) is 5.56 Å². The van der Waals surface area contributed by atoms with Crippen LogP contribution in [-0.4, -0.2) is 4.98 Å². The lowest BCUT2D eigenvalue weighted by Gasteiger charge is -2.11. The number of alkyl halides is 1. The van der Waals surface area contributed by atoms with Crippen molar-refractivity contribution in [1.82, 2.24) is 4.98 Å². The Kier molecular flexibility index (Phi) is 4.82. The molecule has 2 aromatic rings. The van der Waals surface area contributed by atoms with Crippen LogP contribution in [-0.2, 0) is 6.42 Å². The van der Waals surface area contributed by atoms with Crippen LogP contribution in [0, 0.1) is 6.92 Å². The molecule has 0 saturated carbocycles. The molecular formula is C14H12Br2ClN. The van der Waals surface area contributed by atoms with Gasteiger partial charge in [0.25, 0.3) is 0 Å². The van der Waals surface area contributed by atoms with E-state index in [2.05, 4.69) is 55.0 Å². The summed E-state index contributed by atoms with van der Waals surface area (Å²) in [4.78, 5) is 4.63. The van der Waals surface area contributed by atoms with Crippen molar-refractivity contribution >= 4 is 43.5 Å². The minimum Gasteiger partial charge on any atom is -0.261 e. The van der Waals surface area contributed by atoms with Crippen LogP contribution in [0.4, 0.5) is 0 Å². The second-order valence-corrected chi connectivity index (χ2v) is 6.54. The predicted molar refractivity (Wildman–Crippen MR) is 83.5 cm³/mol. The zero-order valence-electron chi connectivity index (χ0n) is 9.83. The molecule has 0 saturated heterocycles. The molecule has 0 amide bonds. The van der Waals surface area contributed by atoms with Crippen LogP contribution in [0.3, 0.4) is 0 Å². The normalized spacial score (nSPS) is 12.4. The summed E-state index contributed by atoms with van der Waals surface area (Å²) < 4.78 is 0.918. The number of benzene rings is 1. The molecule has 0 aliphatic heterocycles. The summed E-state index contributed by atoms with van der Waals surface area (Å²) in [6.45, 7) is 2.04. The van der Waals surface area contributed by atoms with E-state index in [9.17, 15) is 0 Å². The highest BCUT2D eigenvalue weighted by atomic mass is 79.9. The van der Waals surface area contributed by atoms with Gasteiger partial charge in [0.2, 0.25) is 0 Å². The van der Waals surface area contributed by atoms with Crippen molar-refractivity contribution in [1.29, 1.82) is 0 Å². The van der Waals surface area contributed by atoms with Crippen LogP contribution in [0.25, 0.3) is 0 Å². The zero-order valence-corrected chi connectivity index (χ0v) is 13.8. The van der Waals surface area contributed by atoms with Crippen LogP contribution in [0.15, 0.2) is 41.0 Å². The summed E-state index contributed by atoms with van der Waals surface area (Å²) in [6.07, 6.45) is 2.74.